The highest BCUT2D eigenvalue weighted by molar-refractivity contribution is 7.80. The Hall–Kier alpha value is -0.150. The summed E-state index contributed by atoms with van der Waals surface area (Å²) in [6.45, 7) is 7.92. The molecule has 1 atom stereocenters. The number of hydrogen-bond acceptors (Lipinski definition) is 2. The van der Waals surface area contributed by atoms with Crippen LogP contribution >= 0.6 is 12.2 Å². The number of rotatable bonds is 7. The van der Waals surface area contributed by atoms with Crippen LogP contribution in [0.15, 0.2) is 0 Å². The highest BCUT2D eigenvalue weighted by Crippen LogP contribution is 2.26. The van der Waals surface area contributed by atoms with Gasteiger partial charge < -0.3 is 5.73 Å². The van der Waals surface area contributed by atoms with E-state index in [1.807, 2.05) is 0 Å². The number of hydrogen-bond donors (Lipinski definition) is 1. The van der Waals surface area contributed by atoms with Gasteiger partial charge >= 0.3 is 0 Å². The minimum atomic E-state index is 0.312. The van der Waals surface area contributed by atoms with Crippen LogP contribution < -0.4 is 5.73 Å². The molecule has 1 aliphatic carbocycles. The zero-order chi connectivity index (χ0) is 12.8. The predicted molar refractivity (Wildman–Crippen MR) is 79.3 cm³/mol. The van der Waals surface area contributed by atoms with Crippen LogP contribution in [0, 0.1) is 5.92 Å². The van der Waals surface area contributed by atoms with Gasteiger partial charge in [-0.1, -0.05) is 45.8 Å². The predicted octanol–water partition coefficient (Wildman–Crippen LogP) is 3.34. The fraction of sp³-hybridized carbons (Fsp3) is 0.929. The van der Waals surface area contributed by atoms with Crippen LogP contribution in [-0.4, -0.2) is 28.5 Å². The van der Waals surface area contributed by atoms with Crippen molar-refractivity contribution in [2.24, 2.45) is 11.7 Å². The molecule has 0 aromatic carbocycles. The van der Waals surface area contributed by atoms with Gasteiger partial charge in [0.25, 0.3) is 0 Å². The van der Waals surface area contributed by atoms with Gasteiger partial charge in [0, 0.05) is 6.04 Å². The molecular formula is C14H28N2S. The molecule has 0 aliphatic heterocycles. The maximum Gasteiger partial charge on any atom is 0.0902 e. The van der Waals surface area contributed by atoms with Gasteiger partial charge in [-0.2, -0.15) is 0 Å². The Morgan fingerprint density at radius 1 is 1.35 bits per heavy atom. The van der Waals surface area contributed by atoms with Crippen molar-refractivity contribution in [1.82, 2.24) is 4.90 Å². The lowest BCUT2D eigenvalue weighted by Crippen LogP contribution is -2.48. The molecule has 0 aromatic heterocycles. The summed E-state index contributed by atoms with van der Waals surface area (Å²) >= 11 is 5.24. The molecule has 0 amide bonds. The molecule has 0 bridgehead atoms. The summed E-state index contributed by atoms with van der Waals surface area (Å²) in [5.41, 5.74) is 5.91. The third-order valence-corrected chi connectivity index (χ3v) is 4.15. The minimum Gasteiger partial charge on any atom is -0.392 e. The van der Waals surface area contributed by atoms with Gasteiger partial charge in [0.1, 0.15) is 0 Å². The monoisotopic (exact) mass is 256 g/mol. The number of nitrogens with two attached hydrogens (primary N) is 1. The first kappa shape index (κ1) is 14.9. The van der Waals surface area contributed by atoms with Crippen molar-refractivity contribution < 1.29 is 0 Å². The van der Waals surface area contributed by atoms with Crippen molar-refractivity contribution in [3.63, 3.8) is 0 Å². The van der Waals surface area contributed by atoms with Crippen molar-refractivity contribution in [2.45, 2.75) is 71.4 Å². The Kier molecular flexibility index (Phi) is 6.42. The standard InChI is InChI=1S/C14H28N2S/c1-4-13(14(15)17)16(10-9-11(2)3)12-7-5-6-8-12/h11-13H,4-10H2,1-3H3,(H2,15,17). The Morgan fingerprint density at radius 2 is 1.94 bits per heavy atom. The van der Waals surface area contributed by atoms with E-state index in [2.05, 4.69) is 25.7 Å². The molecule has 1 fully saturated rings. The lowest BCUT2D eigenvalue weighted by Gasteiger charge is -2.36. The summed E-state index contributed by atoms with van der Waals surface area (Å²) in [6.07, 6.45) is 7.70. The van der Waals surface area contributed by atoms with Crippen molar-refractivity contribution in [3.05, 3.63) is 0 Å². The van der Waals surface area contributed by atoms with Crippen LogP contribution in [0.5, 0.6) is 0 Å². The maximum atomic E-state index is 5.91. The van der Waals surface area contributed by atoms with E-state index in [0.29, 0.717) is 11.0 Å². The lowest BCUT2D eigenvalue weighted by atomic mass is 10.0. The average molecular weight is 256 g/mol. The Bertz CT molecular complexity index is 234. The molecule has 100 valence electrons. The summed E-state index contributed by atoms with van der Waals surface area (Å²) in [6, 6.07) is 1.03. The van der Waals surface area contributed by atoms with Gasteiger partial charge in [-0.25, -0.2) is 0 Å². The van der Waals surface area contributed by atoms with Crippen LogP contribution in [0.1, 0.15) is 59.3 Å². The fourth-order valence-electron chi connectivity index (χ4n) is 2.84. The van der Waals surface area contributed by atoms with Crippen molar-refractivity contribution >= 4 is 17.2 Å². The van der Waals surface area contributed by atoms with Gasteiger partial charge in [-0.3, -0.25) is 4.90 Å². The first-order chi connectivity index (χ1) is 8.06. The topological polar surface area (TPSA) is 29.3 Å². The molecule has 0 heterocycles. The van der Waals surface area contributed by atoms with E-state index in [1.165, 1.54) is 32.1 Å². The summed E-state index contributed by atoms with van der Waals surface area (Å²) in [5.74, 6) is 0.753. The van der Waals surface area contributed by atoms with Gasteiger partial charge in [-0.05, 0) is 38.1 Å². The molecule has 3 heteroatoms. The molecule has 0 spiro atoms. The van der Waals surface area contributed by atoms with Crippen molar-refractivity contribution in [3.8, 4) is 0 Å². The Morgan fingerprint density at radius 3 is 2.35 bits per heavy atom. The summed E-state index contributed by atoms with van der Waals surface area (Å²) in [7, 11) is 0. The first-order valence-electron chi connectivity index (χ1n) is 7.11. The second-order valence-electron chi connectivity index (χ2n) is 5.69. The maximum absolute atomic E-state index is 5.91. The smallest absolute Gasteiger partial charge is 0.0902 e. The molecule has 1 aliphatic rings. The van der Waals surface area contributed by atoms with E-state index in [4.69, 9.17) is 18.0 Å². The van der Waals surface area contributed by atoms with Crippen LogP contribution in [0.25, 0.3) is 0 Å². The number of nitrogens with zero attached hydrogens (tertiary/aromatic N) is 1. The average Bonchev–Trinajstić information content (AvgIpc) is 2.76. The van der Waals surface area contributed by atoms with Crippen LogP contribution in [0.4, 0.5) is 0 Å². The molecule has 0 saturated heterocycles. The largest absolute Gasteiger partial charge is 0.392 e. The molecule has 1 saturated carbocycles. The minimum absolute atomic E-state index is 0.312. The zero-order valence-corrected chi connectivity index (χ0v) is 12.4. The van der Waals surface area contributed by atoms with E-state index in [0.717, 1.165) is 24.9 Å². The van der Waals surface area contributed by atoms with E-state index < -0.39 is 0 Å². The Labute approximate surface area is 112 Å². The van der Waals surface area contributed by atoms with Crippen molar-refractivity contribution in [1.29, 1.82) is 0 Å². The highest BCUT2D eigenvalue weighted by atomic mass is 32.1. The van der Waals surface area contributed by atoms with Gasteiger partial charge in [0.15, 0.2) is 0 Å². The quantitative estimate of drug-likeness (QED) is 0.708. The molecule has 2 N–H and O–H groups in total. The van der Waals surface area contributed by atoms with Gasteiger partial charge in [0.2, 0.25) is 0 Å². The van der Waals surface area contributed by atoms with Crippen LogP contribution in [0.3, 0.4) is 0 Å². The van der Waals surface area contributed by atoms with Crippen LogP contribution in [-0.2, 0) is 0 Å². The van der Waals surface area contributed by atoms with Crippen LogP contribution in [0.2, 0.25) is 0 Å². The first-order valence-corrected chi connectivity index (χ1v) is 7.52. The van der Waals surface area contributed by atoms with E-state index in [-0.39, 0.29) is 0 Å². The van der Waals surface area contributed by atoms with E-state index in [9.17, 15) is 0 Å². The Balaban J connectivity index is 2.65. The fourth-order valence-corrected chi connectivity index (χ4v) is 3.14. The highest BCUT2D eigenvalue weighted by Gasteiger charge is 2.28. The molecular weight excluding hydrogens is 228 g/mol. The van der Waals surface area contributed by atoms with E-state index in [1.54, 1.807) is 0 Å². The third kappa shape index (κ3) is 4.55. The second kappa shape index (κ2) is 7.32. The molecule has 0 radical (unpaired) electrons. The SMILES string of the molecule is CCC(C(N)=S)N(CCC(C)C)C1CCCC1. The molecule has 17 heavy (non-hydrogen) atoms. The van der Waals surface area contributed by atoms with E-state index >= 15 is 0 Å². The summed E-state index contributed by atoms with van der Waals surface area (Å²) in [5, 5.41) is 0. The zero-order valence-electron chi connectivity index (χ0n) is 11.6. The van der Waals surface area contributed by atoms with Crippen molar-refractivity contribution in [2.75, 3.05) is 6.54 Å². The molecule has 0 aromatic rings. The second-order valence-corrected chi connectivity index (χ2v) is 6.16. The molecule has 1 unspecified atom stereocenters. The third-order valence-electron chi connectivity index (χ3n) is 3.87. The lowest BCUT2D eigenvalue weighted by molar-refractivity contribution is 0.160. The summed E-state index contributed by atoms with van der Waals surface area (Å²) in [4.78, 5) is 3.28. The molecule has 2 nitrogen and oxygen atoms in total. The van der Waals surface area contributed by atoms with Gasteiger partial charge in [0.05, 0.1) is 11.0 Å². The van der Waals surface area contributed by atoms with Gasteiger partial charge in [-0.15, -0.1) is 0 Å². The molecule has 1 rings (SSSR count). The normalized spacial score (nSPS) is 19.1. The number of thiocarbonyl (C=S) groups is 1. The summed E-state index contributed by atoms with van der Waals surface area (Å²) < 4.78 is 0.